The van der Waals surface area contributed by atoms with Gasteiger partial charge in [-0.15, -0.1) is 0 Å². The monoisotopic (exact) mass is 287 g/mol. The lowest BCUT2D eigenvalue weighted by atomic mass is 10.2. The molecule has 0 radical (unpaired) electrons. The first-order valence-corrected chi connectivity index (χ1v) is 7.06. The molecular formula is C12H22ClN5O. The lowest BCUT2D eigenvalue weighted by Crippen LogP contribution is -2.25. The van der Waals surface area contributed by atoms with E-state index in [2.05, 4.69) is 20.3 Å². The van der Waals surface area contributed by atoms with Crippen LogP contribution in [0.2, 0.25) is 5.28 Å². The summed E-state index contributed by atoms with van der Waals surface area (Å²) in [6, 6.07) is 0. The van der Waals surface area contributed by atoms with Gasteiger partial charge in [0.1, 0.15) is 0 Å². The highest BCUT2D eigenvalue weighted by molar-refractivity contribution is 6.28. The van der Waals surface area contributed by atoms with Crippen molar-refractivity contribution in [1.29, 1.82) is 0 Å². The molecule has 1 aromatic heterocycles. The Kier molecular flexibility index (Phi) is 6.80. The fourth-order valence-electron chi connectivity index (χ4n) is 1.62. The van der Waals surface area contributed by atoms with Gasteiger partial charge in [0.25, 0.3) is 0 Å². The van der Waals surface area contributed by atoms with Crippen LogP contribution in [0.5, 0.6) is 0 Å². The number of anilines is 2. The zero-order chi connectivity index (χ0) is 14.3. The minimum Gasteiger partial charge on any atom is -0.393 e. The maximum absolute atomic E-state index is 9.48. The number of nitrogens with zero attached hydrogens (tertiary/aromatic N) is 4. The Morgan fingerprint density at radius 2 is 1.89 bits per heavy atom. The summed E-state index contributed by atoms with van der Waals surface area (Å²) in [4.78, 5) is 14.5. The molecule has 6 nitrogen and oxygen atoms in total. The van der Waals surface area contributed by atoms with Crippen LogP contribution in [0.3, 0.4) is 0 Å². The fraction of sp³-hybridized carbons (Fsp3) is 0.750. The molecular weight excluding hydrogens is 266 g/mol. The van der Waals surface area contributed by atoms with E-state index in [9.17, 15) is 5.11 Å². The average Bonchev–Trinajstić information content (AvgIpc) is 2.39. The molecule has 7 heteroatoms. The Morgan fingerprint density at radius 1 is 1.21 bits per heavy atom. The number of nitrogens with one attached hydrogen (secondary N) is 1. The third-order valence-corrected chi connectivity index (χ3v) is 3.04. The van der Waals surface area contributed by atoms with Crippen LogP contribution >= 0.6 is 11.6 Å². The van der Waals surface area contributed by atoms with Gasteiger partial charge in [0.2, 0.25) is 17.2 Å². The third-order valence-electron chi connectivity index (χ3n) is 2.87. The van der Waals surface area contributed by atoms with Crippen molar-refractivity contribution in [3.8, 4) is 0 Å². The summed E-state index contributed by atoms with van der Waals surface area (Å²) >= 11 is 5.90. The second-order valence-corrected chi connectivity index (χ2v) is 4.52. The van der Waals surface area contributed by atoms with Crippen LogP contribution in [0.15, 0.2) is 0 Å². The van der Waals surface area contributed by atoms with Gasteiger partial charge < -0.3 is 15.3 Å². The fourth-order valence-corrected chi connectivity index (χ4v) is 1.78. The molecule has 2 N–H and O–H groups in total. The normalized spacial score (nSPS) is 12.3. The zero-order valence-corrected chi connectivity index (χ0v) is 12.5. The Morgan fingerprint density at radius 3 is 2.47 bits per heavy atom. The highest BCUT2D eigenvalue weighted by atomic mass is 35.5. The van der Waals surface area contributed by atoms with Crippen molar-refractivity contribution in [2.45, 2.75) is 39.7 Å². The van der Waals surface area contributed by atoms with E-state index in [-0.39, 0.29) is 11.4 Å². The molecule has 0 bridgehead atoms. The third kappa shape index (κ3) is 5.16. The maximum atomic E-state index is 9.48. The Hall–Kier alpha value is -1.14. The quantitative estimate of drug-likeness (QED) is 0.761. The summed E-state index contributed by atoms with van der Waals surface area (Å²) in [6.45, 7) is 8.24. The Labute approximate surface area is 119 Å². The average molecular weight is 288 g/mol. The van der Waals surface area contributed by atoms with Crippen LogP contribution in [0.1, 0.15) is 33.6 Å². The number of aliphatic hydroxyl groups is 1. The molecule has 0 aromatic carbocycles. The van der Waals surface area contributed by atoms with Crippen molar-refractivity contribution in [3.63, 3.8) is 0 Å². The van der Waals surface area contributed by atoms with E-state index in [0.29, 0.717) is 24.9 Å². The number of hydrogen-bond donors (Lipinski definition) is 2. The lowest BCUT2D eigenvalue weighted by molar-refractivity contribution is 0.164. The predicted octanol–water partition coefficient (Wildman–Crippen LogP) is 1.94. The van der Waals surface area contributed by atoms with Crippen molar-refractivity contribution in [1.82, 2.24) is 15.0 Å². The molecule has 0 spiro atoms. The predicted molar refractivity (Wildman–Crippen MR) is 77.8 cm³/mol. The van der Waals surface area contributed by atoms with E-state index < -0.39 is 0 Å². The molecule has 0 amide bonds. The number of hydrogen-bond acceptors (Lipinski definition) is 6. The molecule has 1 unspecified atom stereocenters. The van der Waals surface area contributed by atoms with Gasteiger partial charge in [-0.2, -0.15) is 15.0 Å². The Balaban J connectivity index is 2.68. The van der Waals surface area contributed by atoms with Gasteiger partial charge in [-0.25, -0.2) is 0 Å². The molecule has 0 aliphatic rings. The van der Waals surface area contributed by atoms with Gasteiger partial charge >= 0.3 is 0 Å². The maximum Gasteiger partial charge on any atom is 0.231 e. The molecule has 0 aliphatic carbocycles. The Bertz CT molecular complexity index is 386. The van der Waals surface area contributed by atoms with Crippen LogP contribution in [-0.2, 0) is 0 Å². The van der Waals surface area contributed by atoms with Gasteiger partial charge in [-0.1, -0.05) is 6.92 Å². The smallest absolute Gasteiger partial charge is 0.231 e. The van der Waals surface area contributed by atoms with E-state index >= 15 is 0 Å². The molecule has 1 atom stereocenters. The van der Waals surface area contributed by atoms with E-state index in [1.165, 1.54) is 0 Å². The first-order valence-electron chi connectivity index (χ1n) is 6.69. The van der Waals surface area contributed by atoms with Gasteiger partial charge in [-0.3, -0.25) is 0 Å². The van der Waals surface area contributed by atoms with Gasteiger partial charge in [-0.05, 0) is 38.3 Å². The molecule has 0 saturated heterocycles. The first kappa shape index (κ1) is 15.9. The van der Waals surface area contributed by atoms with Crippen LogP contribution in [-0.4, -0.2) is 45.8 Å². The lowest BCUT2D eigenvalue weighted by Gasteiger charge is -2.19. The molecule has 0 aliphatic heterocycles. The van der Waals surface area contributed by atoms with Crippen LogP contribution < -0.4 is 10.2 Å². The van der Waals surface area contributed by atoms with E-state index in [1.807, 2.05) is 25.7 Å². The molecule has 0 saturated carbocycles. The van der Waals surface area contributed by atoms with E-state index in [0.717, 1.165) is 19.5 Å². The van der Waals surface area contributed by atoms with E-state index in [1.54, 1.807) is 0 Å². The summed E-state index contributed by atoms with van der Waals surface area (Å²) in [5, 5.41) is 12.7. The molecule has 1 rings (SSSR count). The molecule has 108 valence electrons. The summed E-state index contributed by atoms with van der Waals surface area (Å²) in [6.07, 6.45) is 1.09. The number of halogens is 1. The van der Waals surface area contributed by atoms with Crippen LogP contribution in [0.25, 0.3) is 0 Å². The van der Waals surface area contributed by atoms with Crippen LogP contribution in [0, 0.1) is 0 Å². The summed E-state index contributed by atoms with van der Waals surface area (Å²) in [5.41, 5.74) is 0. The SMILES string of the molecule is CCC(O)CCNc1nc(Cl)nc(N(CC)CC)n1. The van der Waals surface area contributed by atoms with Gasteiger partial charge in [0.05, 0.1) is 6.10 Å². The van der Waals surface area contributed by atoms with Crippen molar-refractivity contribution < 1.29 is 5.11 Å². The largest absolute Gasteiger partial charge is 0.393 e. The molecule has 19 heavy (non-hydrogen) atoms. The minimum absolute atomic E-state index is 0.176. The van der Waals surface area contributed by atoms with Crippen molar-refractivity contribution >= 4 is 23.5 Å². The number of aliphatic hydroxyl groups excluding tert-OH is 1. The standard InChI is InChI=1S/C12H22ClN5O/c1-4-9(19)7-8-14-11-15-10(13)16-12(17-11)18(5-2)6-3/h9,19H,4-8H2,1-3H3,(H,14,15,16,17). The highest BCUT2D eigenvalue weighted by Gasteiger charge is 2.10. The van der Waals surface area contributed by atoms with Gasteiger partial charge in [0, 0.05) is 19.6 Å². The second-order valence-electron chi connectivity index (χ2n) is 4.18. The number of rotatable bonds is 8. The van der Waals surface area contributed by atoms with Crippen molar-refractivity contribution in [3.05, 3.63) is 5.28 Å². The van der Waals surface area contributed by atoms with E-state index in [4.69, 9.17) is 11.6 Å². The van der Waals surface area contributed by atoms with Crippen LogP contribution in [0.4, 0.5) is 11.9 Å². The summed E-state index contributed by atoms with van der Waals surface area (Å²) in [7, 11) is 0. The molecule has 1 heterocycles. The summed E-state index contributed by atoms with van der Waals surface area (Å²) < 4.78 is 0. The molecule has 1 aromatic rings. The highest BCUT2D eigenvalue weighted by Crippen LogP contribution is 2.13. The van der Waals surface area contributed by atoms with Gasteiger partial charge in [0.15, 0.2) is 0 Å². The number of aromatic nitrogens is 3. The molecule has 0 fully saturated rings. The van der Waals surface area contributed by atoms with Crippen molar-refractivity contribution in [2.75, 3.05) is 29.9 Å². The summed E-state index contributed by atoms with van der Waals surface area (Å²) in [5.74, 6) is 1.02. The second kappa shape index (κ2) is 8.12. The minimum atomic E-state index is -0.299. The topological polar surface area (TPSA) is 74.2 Å². The van der Waals surface area contributed by atoms with Crippen molar-refractivity contribution in [2.24, 2.45) is 0 Å². The zero-order valence-electron chi connectivity index (χ0n) is 11.7. The first-order chi connectivity index (χ1) is 9.10.